The summed E-state index contributed by atoms with van der Waals surface area (Å²) in [7, 11) is 1.64. The van der Waals surface area contributed by atoms with Crippen LogP contribution in [0.1, 0.15) is 30.4 Å². The normalized spacial score (nSPS) is 13.0. The number of benzene rings is 3. The number of hydrogen-bond donors (Lipinski definition) is 1. The molecule has 140 valence electrons. The summed E-state index contributed by atoms with van der Waals surface area (Å²) >= 11 is 0. The highest BCUT2D eigenvalue weighted by atomic mass is 16.5. The van der Waals surface area contributed by atoms with Crippen LogP contribution < -0.4 is 9.47 Å². The molecular weight excluding hydrogens is 336 g/mol. The second-order valence-corrected chi connectivity index (χ2v) is 6.70. The molecule has 0 radical (unpaired) electrons. The maximum absolute atomic E-state index is 10.3. The van der Waals surface area contributed by atoms with E-state index in [-0.39, 0.29) is 5.92 Å². The molecule has 0 bridgehead atoms. The lowest BCUT2D eigenvalue weighted by atomic mass is 9.88. The van der Waals surface area contributed by atoms with Gasteiger partial charge in [-0.15, -0.1) is 0 Å². The van der Waals surface area contributed by atoms with Crippen molar-refractivity contribution in [2.24, 2.45) is 0 Å². The Kier molecular flexibility index (Phi) is 6.50. The van der Waals surface area contributed by atoms with Crippen molar-refractivity contribution in [1.82, 2.24) is 0 Å². The molecule has 0 heterocycles. The van der Waals surface area contributed by atoms with Gasteiger partial charge in [-0.1, -0.05) is 54.6 Å². The predicted octanol–water partition coefficient (Wildman–Crippen LogP) is 5.58. The Morgan fingerprint density at radius 2 is 1.52 bits per heavy atom. The number of aliphatic hydroxyl groups excluding tert-OH is 1. The maximum Gasteiger partial charge on any atom is 0.169 e. The highest BCUT2D eigenvalue weighted by Crippen LogP contribution is 2.36. The molecule has 2 unspecified atom stereocenters. The van der Waals surface area contributed by atoms with Gasteiger partial charge in [0.25, 0.3) is 0 Å². The van der Waals surface area contributed by atoms with Crippen molar-refractivity contribution in [2.45, 2.75) is 31.8 Å². The van der Waals surface area contributed by atoms with Gasteiger partial charge in [-0.3, -0.25) is 0 Å². The Labute approximate surface area is 161 Å². The van der Waals surface area contributed by atoms with Crippen LogP contribution in [0.3, 0.4) is 0 Å². The Morgan fingerprint density at radius 3 is 2.15 bits per heavy atom. The third-order valence-electron chi connectivity index (χ3n) is 4.76. The van der Waals surface area contributed by atoms with Gasteiger partial charge in [0, 0.05) is 5.92 Å². The van der Waals surface area contributed by atoms with E-state index in [2.05, 4.69) is 12.1 Å². The van der Waals surface area contributed by atoms with Gasteiger partial charge in [-0.05, 0) is 55.2 Å². The summed E-state index contributed by atoms with van der Waals surface area (Å²) in [6.45, 7) is 1.84. The van der Waals surface area contributed by atoms with Crippen LogP contribution in [-0.2, 0) is 6.42 Å². The fourth-order valence-electron chi connectivity index (χ4n) is 3.27. The van der Waals surface area contributed by atoms with Crippen molar-refractivity contribution in [2.75, 3.05) is 7.11 Å². The molecule has 27 heavy (non-hydrogen) atoms. The van der Waals surface area contributed by atoms with Gasteiger partial charge in [0.05, 0.1) is 13.2 Å². The summed E-state index contributed by atoms with van der Waals surface area (Å²) < 4.78 is 11.5. The maximum atomic E-state index is 10.3. The Hall–Kier alpha value is -2.78. The first-order valence-electron chi connectivity index (χ1n) is 9.30. The molecule has 0 saturated heterocycles. The summed E-state index contributed by atoms with van der Waals surface area (Å²) in [6.07, 6.45) is 1.34. The van der Waals surface area contributed by atoms with Crippen LogP contribution in [0.25, 0.3) is 0 Å². The van der Waals surface area contributed by atoms with Crippen molar-refractivity contribution in [3.8, 4) is 17.2 Å². The van der Waals surface area contributed by atoms with E-state index >= 15 is 0 Å². The molecule has 0 aliphatic heterocycles. The quantitative estimate of drug-likeness (QED) is 0.568. The van der Waals surface area contributed by atoms with Gasteiger partial charge < -0.3 is 14.6 Å². The van der Waals surface area contributed by atoms with E-state index in [4.69, 9.17) is 9.47 Å². The molecular formula is C24H26O3. The van der Waals surface area contributed by atoms with Crippen molar-refractivity contribution in [3.05, 3.63) is 90.0 Å². The van der Waals surface area contributed by atoms with Crippen LogP contribution in [0.15, 0.2) is 78.9 Å². The first-order valence-corrected chi connectivity index (χ1v) is 9.30. The number of aliphatic hydroxyl groups is 1. The standard InChI is InChI=1S/C24H26O3/c1-18(25)22(15-13-19-9-5-3-6-10-19)20-14-16-23(24(17-20)26-2)27-21-11-7-4-8-12-21/h3-12,14,16-18,22,25H,13,15H2,1-2H3. The number of aryl methyl sites for hydroxylation is 1. The van der Waals surface area contributed by atoms with E-state index in [0.717, 1.165) is 24.2 Å². The molecule has 0 aliphatic carbocycles. The van der Waals surface area contributed by atoms with Gasteiger partial charge in [-0.25, -0.2) is 0 Å². The molecule has 3 aromatic carbocycles. The number of ether oxygens (including phenoxy) is 2. The third-order valence-corrected chi connectivity index (χ3v) is 4.76. The van der Waals surface area contributed by atoms with Crippen LogP contribution in [0.2, 0.25) is 0 Å². The van der Waals surface area contributed by atoms with Crippen molar-refractivity contribution in [3.63, 3.8) is 0 Å². The van der Waals surface area contributed by atoms with E-state index in [1.807, 2.05) is 73.7 Å². The van der Waals surface area contributed by atoms with Gasteiger partial charge in [0.2, 0.25) is 0 Å². The average molecular weight is 362 g/mol. The minimum atomic E-state index is -0.445. The molecule has 3 nitrogen and oxygen atoms in total. The first-order chi connectivity index (χ1) is 13.2. The minimum absolute atomic E-state index is 0.0323. The average Bonchev–Trinajstić information content (AvgIpc) is 2.70. The SMILES string of the molecule is COc1cc(C(CCc2ccccc2)C(C)O)ccc1Oc1ccccc1. The van der Waals surface area contributed by atoms with E-state index in [0.29, 0.717) is 11.5 Å². The Balaban J connectivity index is 1.78. The summed E-state index contributed by atoms with van der Waals surface area (Å²) in [5.41, 5.74) is 2.33. The van der Waals surface area contributed by atoms with E-state index in [9.17, 15) is 5.11 Å². The molecule has 0 aromatic heterocycles. The number of methoxy groups -OCH3 is 1. The van der Waals surface area contributed by atoms with Gasteiger partial charge in [-0.2, -0.15) is 0 Å². The smallest absolute Gasteiger partial charge is 0.169 e. The molecule has 3 heteroatoms. The molecule has 0 aliphatic rings. The number of para-hydroxylation sites is 1. The van der Waals surface area contributed by atoms with Crippen molar-refractivity contribution in [1.29, 1.82) is 0 Å². The van der Waals surface area contributed by atoms with Crippen molar-refractivity contribution < 1.29 is 14.6 Å². The fraction of sp³-hybridized carbons (Fsp3) is 0.250. The third kappa shape index (κ3) is 5.11. The molecule has 0 spiro atoms. The zero-order valence-electron chi connectivity index (χ0n) is 15.8. The molecule has 2 atom stereocenters. The van der Waals surface area contributed by atoms with E-state index < -0.39 is 6.10 Å². The molecule has 3 aromatic rings. The number of rotatable bonds is 8. The fourth-order valence-corrected chi connectivity index (χ4v) is 3.27. The Morgan fingerprint density at radius 1 is 0.852 bits per heavy atom. The topological polar surface area (TPSA) is 38.7 Å². The first kappa shape index (κ1) is 19.0. The summed E-state index contributed by atoms with van der Waals surface area (Å²) in [5, 5.41) is 10.3. The van der Waals surface area contributed by atoms with Crippen LogP contribution in [-0.4, -0.2) is 18.3 Å². The molecule has 1 N–H and O–H groups in total. The van der Waals surface area contributed by atoms with Crippen LogP contribution >= 0.6 is 0 Å². The monoisotopic (exact) mass is 362 g/mol. The van der Waals surface area contributed by atoms with E-state index in [1.54, 1.807) is 7.11 Å². The highest BCUT2D eigenvalue weighted by molar-refractivity contribution is 5.46. The van der Waals surface area contributed by atoms with Gasteiger partial charge in [0.15, 0.2) is 11.5 Å². The largest absolute Gasteiger partial charge is 0.493 e. The predicted molar refractivity (Wildman–Crippen MR) is 109 cm³/mol. The lowest BCUT2D eigenvalue weighted by molar-refractivity contribution is 0.157. The second kappa shape index (κ2) is 9.24. The summed E-state index contributed by atoms with van der Waals surface area (Å²) in [4.78, 5) is 0. The van der Waals surface area contributed by atoms with E-state index in [1.165, 1.54) is 5.56 Å². The highest BCUT2D eigenvalue weighted by Gasteiger charge is 2.19. The van der Waals surface area contributed by atoms with Gasteiger partial charge >= 0.3 is 0 Å². The lowest BCUT2D eigenvalue weighted by Gasteiger charge is -2.22. The van der Waals surface area contributed by atoms with Crippen LogP contribution in [0.5, 0.6) is 17.2 Å². The summed E-state index contributed by atoms with van der Waals surface area (Å²) in [6, 6.07) is 25.9. The Bertz CT molecular complexity index is 829. The second-order valence-electron chi connectivity index (χ2n) is 6.70. The molecule has 3 rings (SSSR count). The minimum Gasteiger partial charge on any atom is -0.493 e. The van der Waals surface area contributed by atoms with Crippen molar-refractivity contribution >= 4 is 0 Å². The van der Waals surface area contributed by atoms with Crippen LogP contribution in [0.4, 0.5) is 0 Å². The van der Waals surface area contributed by atoms with Crippen LogP contribution in [0, 0.1) is 0 Å². The number of hydrogen-bond acceptors (Lipinski definition) is 3. The molecule has 0 fully saturated rings. The molecule has 0 saturated carbocycles. The van der Waals surface area contributed by atoms with Gasteiger partial charge in [0.1, 0.15) is 5.75 Å². The lowest BCUT2D eigenvalue weighted by Crippen LogP contribution is -2.15. The molecule has 0 amide bonds. The zero-order valence-corrected chi connectivity index (χ0v) is 15.8. The summed E-state index contributed by atoms with van der Waals surface area (Å²) in [5.74, 6) is 2.13. The zero-order chi connectivity index (χ0) is 19.1.